The first-order valence-corrected chi connectivity index (χ1v) is 6.54. The van der Waals surface area contributed by atoms with Gasteiger partial charge < -0.3 is 4.74 Å². The monoisotopic (exact) mass is 295 g/mol. The predicted molar refractivity (Wildman–Crippen MR) is 77.1 cm³/mol. The highest BCUT2D eigenvalue weighted by atomic mass is 35.5. The van der Waals surface area contributed by atoms with Gasteiger partial charge in [-0.2, -0.15) is 0 Å². The van der Waals surface area contributed by atoms with Crippen molar-refractivity contribution >= 4 is 17.4 Å². The van der Waals surface area contributed by atoms with Gasteiger partial charge >= 0.3 is 0 Å². The normalized spacial score (nSPS) is 9.45. The Morgan fingerprint density at radius 1 is 1.20 bits per heavy atom. The summed E-state index contributed by atoms with van der Waals surface area (Å²) in [5, 5.41) is 0.293. The minimum atomic E-state index is -0.567. The molecule has 0 radical (unpaired) electrons. The molecule has 0 aliphatic carbocycles. The number of ether oxygens (including phenoxy) is 1. The summed E-state index contributed by atoms with van der Waals surface area (Å²) in [5.74, 6) is -0.0895. The second-order valence-corrected chi connectivity index (χ2v) is 4.00. The fourth-order valence-corrected chi connectivity index (χ4v) is 1.59. The predicted octanol–water partition coefficient (Wildman–Crippen LogP) is 4.90. The molecule has 0 spiro atoms. The lowest BCUT2D eigenvalue weighted by Crippen LogP contribution is -1.97. The van der Waals surface area contributed by atoms with E-state index >= 15 is 0 Å². The zero-order valence-corrected chi connectivity index (χ0v) is 12.2. The topological polar surface area (TPSA) is 39.2 Å². The Labute approximate surface area is 122 Å². The number of Topliss-reactive ketones (excluding diaryl/α,β-unsaturated/α-hetero) is 1. The second-order valence-electron chi connectivity index (χ2n) is 3.61. The van der Waals surface area contributed by atoms with Gasteiger partial charge in [-0.05, 0) is 31.2 Å². The summed E-state index contributed by atoms with van der Waals surface area (Å²) in [7, 11) is 0. The summed E-state index contributed by atoms with van der Waals surface area (Å²) in [6.45, 7) is 5.30. The number of carbonyl (C=O) groups excluding carboxylic acids is 1. The molecule has 0 atom stereocenters. The third-order valence-corrected chi connectivity index (χ3v) is 2.46. The molecule has 0 aliphatic rings. The lowest BCUT2D eigenvalue weighted by Gasteiger charge is -2.07. The summed E-state index contributed by atoms with van der Waals surface area (Å²) >= 11 is 5.71. The first kappa shape index (κ1) is 16.1. The third kappa shape index (κ3) is 4.31. The lowest BCUT2D eigenvalue weighted by molar-refractivity contribution is 0.101. The highest BCUT2D eigenvalue weighted by Gasteiger charge is 2.09. The Bertz CT molecular complexity index is 602. The number of benzene rings is 1. The van der Waals surface area contributed by atoms with Gasteiger partial charge in [-0.1, -0.05) is 25.4 Å². The van der Waals surface area contributed by atoms with Crippen LogP contribution in [-0.2, 0) is 0 Å². The van der Waals surface area contributed by atoms with Crippen molar-refractivity contribution in [3.8, 4) is 11.5 Å². The minimum absolute atomic E-state index is 0.00680. The minimum Gasteiger partial charge on any atom is -0.457 e. The zero-order chi connectivity index (χ0) is 15.1. The maximum atomic E-state index is 13.3. The lowest BCUT2D eigenvalue weighted by atomic mass is 10.1. The molecule has 0 saturated carbocycles. The average molecular weight is 296 g/mol. The first-order chi connectivity index (χ1) is 9.56. The van der Waals surface area contributed by atoms with Crippen molar-refractivity contribution in [3.63, 3.8) is 0 Å². The van der Waals surface area contributed by atoms with E-state index in [2.05, 4.69) is 4.98 Å². The number of ketones is 1. The quantitative estimate of drug-likeness (QED) is 0.597. The molecular formula is C15H15ClFNO2. The van der Waals surface area contributed by atoms with Crippen LogP contribution in [0.1, 0.15) is 31.1 Å². The van der Waals surface area contributed by atoms with Crippen molar-refractivity contribution in [3.05, 3.63) is 53.1 Å². The maximum absolute atomic E-state index is 13.3. The number of carbonyl (C=O) groups is 1. The molecule has 0 amide bonds. The number of halogens is 2. The van der Waals surface area contributed by atoms with Gasteiger partial charge in [-0.15, -0.1) is 0 Å². The number of hydrogen-bond donors (Lipinski definition) is 0. The average Bonchev–Trinajstić information content (AvgIpc) is 2.43. The summed E-state index contributed by atoms with van der Waals surface area (Å²) < 4.78 is 18.8. The molecule has 0 unspecified atom stereocenters. The van der Waals surface area contributed by atoms with Crippen molar-refractivity contribution in [1.29, 1.82) is 0 Å². The Hall–Kier alpha value is -1.94. The van der Waals surface area contributed by atoms with Gasteiger partial charge in [0.15, 0.2) is 5.78 Å². The molecule has 0 N–H and O–H groups in total. The molecule has 106 valence electrons. The van der Waals surface area contributed by atoms with Gasteiger partial charge in [0.25, 0.3) is 0 Å². The van der Waals surface area contributed by atoms with Crippen LogP contribution in [0.2, 0.25) is 5.15 Å². The van der Waals surface area contributed by atoms with Crippen LogP contribution in [-0.4, -0.2) is 10.8 Å². The van der Waals surface area contributed by atoms with Gasteiger partial charge in [0.2, 0.25) is 0 Å². The van der Waals surface area contributed by atoms with Crippen LogP contribution in [0.25, 0.3) is 0 Å². The fourth-order valence-electron chi connectivity index (χ4n) is 1.42. The van der Waals surface area contributed by atoms with E-state index in [1.165, 1.54) is 37.4 Å². The highest BCUT2D eigenvalue weighted by Crippen LogP contribution is 2.25. The van der Waals surface area contributed by atoms with Crippen LogP contribution in [0, 0.1) is 5.82 Å². The Balaban J connectivity index is 0.000000956. The van der Waals surface area contributed by atoms with Crippen LogP contribution >= 0.6 is 11.6 Å². The van der Waals surface area contributed by atoms with Crippen LogP contribution in [0.5, 0.6) is 11.5 Å². The maximum Gasteiger partial charge on any atom is 0.162 e. The van der Waals surface area contributed by atoms with Gasteiger partial charge in [-0.25, -0.2) is 9.37 Å². The van der Waals surface area contributed by atoms with Crippen molar-refractivity contribution < 1.29 is 13.9 Å². The number of aromatic nitrogens is 1. The molecule has 0 fully saturated rings. The van der Waals surface area contributed by atoms with Gasteiger partial charge in [0, 0.05) is 12.3 Å². The molecule has 1 heterocycles. The van der Waals surface area contributed by atoms with Crippen LogP contribution in [0.4, 0.5) is 4.39 Å². The Morgan fingerprint density at radius 3 is 2.45 bits per heavy atom. The fraction of sp³-hybridized carbons (Fsp3) is 0.200. The van der Waals surface area contributed by atoms with E-state index in [0.29, 0.717) is 16.7 Å². The number of rotatable bonds is 3. The number of hydrogen-bond acceptors (Lipinski definition) is 3. The molecule has 5 heteroatoms. The molecule has 20 heavy (non-hydrogen) atoms. The molecule has 1 aromatic carbocycles. The molecular weight excluding hydrogens is 281 g/mol. The van der Waals surface area contributed by atoms with Gasteiger partial charge in [0.1, 0.15) is 22.5 Å². The van der Waals surface area contributed by atoms with Crippen LogP contribution in [0.3, 0.4) is 0 Å². The first-order valence-electron chi connectivity index (χ1n) is 6.16. The van der Waals surface area contributed by atoms with E-state index in [1.54, 1.807) is 6.07 Å². The SMILES string of the molecule is CC.CC(=O)c1cc(Oc2ccnc(Cl)c2)ccc1F. The van der Waals surface area contributed by atoms with E-state index in [9.17, 15) is 9.18 Å². The highest BCUT2D eigenvalue weighted by molar-refractivity contribution is 6.29. The molecule has 1 aromatic heterocycles. The van der Waals surface area contributed by atoms with E-state index in [1.807, 2.05) is 13.8 Å². The smallest absolute Gasteiger partial charge is 0.162 e. The second kappa shape index (κ2) is 7.60. The number of pyridine rings is 1. The van der Waals surface area contributed by atoms with Crippen molar-refractivity contribution in [2.24, 2.45) is 0 Å². The van der Waals surface area contributed by atoms with Gasteiger partial charge in [-0.3, -0.25) is 4.79 Å². The molecule has 2 aromatic rings. The number of nitrogens with zero attached hydrogens (tertiary/aromatic N) is 1. The summed E-state index contributed by atoms with van der Waals surface area (Å²) in [4.78, 5) is 15.0. The largest absolute Gasteiger partial charge is 0.457 e. The molecule has 2 rings (SSSR count). The summed E-state index contributed by atoms with van der Waals surface area (Å²) in [6.07, 6.45) is 1.49. The van der Waals surface area contributed by atoms with E-state index < -0.39 is 5.82 Å². The molecule has 0 bridgehead atoms. The van der Waals surface area contributed by atoms with E-state index in [0.717, 1.165) is 0 Å². The zero-order valence-electron chi connectivity index (χ0n) is 11.5. The standard InChI is InChI=1S/C13H9ClFNO2.C2H6/c1-8(17)11-6-9(2-3-12(11)15)18-10-4-5-16-13(14)7-10;1-2/h2-7H,1H3;1-2H3. The summed E-state index contributed by atoms with van der Waals surface area (Å²) in [6, 6.07) is 7.12. The Kier molecular flexibility index (Phi) is 6.12. The van der Waals surface area contributed by atoms with Crippen LogP contribution in [0.15, 0.2) is 36.5 Å². The molecule has 3 nitrogen and oxygen atoms in total. The Morgan fingerprint density at radius 2 is 1.85 bits per heavy atom. The van der Waals surface area contributed by atoms with E-state index in [4.69, 9.17) is 16.3 Å². The molecule has 0 aliphatic heterocycles. The van der Waals surface area contributed by atoms with Crippen molar-refractivity contribution in [1.82, 2.24) is 4.98 Å². The van der Waals surface area contributed by atoms with Crippen molar-refractivity contribution in [2.75, 3.05) is 0 Å². The van der Waals surface area contributed by atoms with E-state index in [-0.39, 0.29) is 11.3 Å². The summed E-state index contributed by atoms with van der Waals surface area (Å²) in [5.41, 5.74) is -0.00680. The van der Waals surface area contributed by atoms with Crippen LogP contribution < -0.4 is 4.74 Å². The van der Waals surface area contributed by atoms with Gasteiger partial charge in [0.05, 0.1) is 5.56 Å². The van der Waals surface area contributed by atoms with Crippen molar-refractivity contribution in [2.45, 2.75) is 20.8 Å². The third-order valence-electron chi connectivity index (χ3n) is 2.25. The molecule has 0 saturated heterocycles.